The van der Waals surface area contributed by atoms with Crippen molar-refractivity contribution in [3.63, 3.8) is 0 Å². The fourth-order valence-electron chi connectivity index (χ4n) is 3.08. The summed E-state index contributed by atoms with van der Waals surface area (Å²) in [5.74, 6) is -0.485. The summed E-state index contributed by atoms with van der Waals surface area (Å²) < 4.78 is 10.3. The molecule has 1 fully saturated rings. The Balaban J connectivity index is 1.83. The number of aromatic nitrogens is 2. The standard InChI is InChI=1S/C20H25N3O4S/c1-20(2,3)27-19(25)23-11-6-5-10-16(23)17-22-15(12-28-17)13-8-7-9-14(21-13)18(24)26-4/h7-9,12,16H,5-6,10-11H2,1-4H3/t16-/m1/s1. The van der Waals surface area contributed by atoms with Gasteiger partial charge in [0.05, 0.1) is 24.5 Å². The molecule has 3 heterocycles. The predicted molar refractivity (Wildman–Crippen MR) is 106 cm³/mol. The predicted octanol–water partition coefficient (Wildman–Crippen LogP) is 4.45. The molecule has 0 N–H and O–H groups in total. The fraction of sp³-hybridized carbons (Fsp3) is 0.500. The first-order valence-electron chi connectivity index (χ1n) is 9.29. The van der Waals surface area contributed by atoms with Crippen LogP contribution in [-0.2, 0) is 9.47 Å². The number of thiazole rings is 1. The highest BCUT2D eigenvalue weighted by molar-refractivity contribution is 7.10. The van der Waals surface area contributed by atoms with Gasteiger partial charge < -0.3 is 9.47 Å². The van der Waals surface area contributed by atoms with Crippen LogP contribution in [0, 0.1) is 0 Å². The first-order chi connectivity index (χ1) is 13.3. The highest BCUT2D eigenvalue weighted by Gasteiger charge is 2.33. The van der Waals surface area contributed by atoms with Gasteiger partial charge in [-0.15, -0.1) is 11.3 Å². The SMILES string of the molecule is COC(=O)c1cccc(-c2csc([C@H]3CCCCN3C(=O)OC(C)(C)C)n2)n1. The van der Waals surface area contributed by atoms with Gasteiger partial charge in [-0.05, 0) is 52.2 Å². The number of hydrogen-bond donors (Lipinski definition) is 0. The van der Waals surface area contributed by atoms with E-state index in [1.807, 2.05) is 26.2 Å². The number of carbonyl (C=O) groups is 2. The van der Waals surface area contributed by atoms with Gasteiger partial charge in [0.25, 0.3) is 0 Å². The van der Waals surface area contributed by atoms with Crippen molar-refractivity contribution in [1.82, 2.24) is 14.9 Å². The Morgan fingerprint density at radius 3 is 2.68 bits per heavy atom. The van der Waals surface area contributed by atoms with Gasteiger partial charge in [0.15, 0.2) is 0 Å². The number of likely N-dealkylation sites (tertiary alicyclic amines) is 1. The summed E-state index contributed by atoms with van der Waals surface area (Å²) in [7, 11) is 1.33. The van der Waals surface area contributed by atoms with E-state index in [2.05, 4.69) is 4.98 Å². The molecule has 1 aliphatic heterocycles. The Kier molecular flexibility index (Phi) is 5.98. The minimum absolute atomic E-state index is 0.105. The average molecular weight is 404 g/mol. The summed E-state index contributed by atoms with van der Waals surface area (Å²) in [6.45, 7) is 6.26. The third-order valence-corrected chi connectivity index (χ3v) is 5.29. The lowest BCUT2D eigenvalue weighted by Crippen LogP contribution is -2.41. The molecule has 0 aliphatic carbocycles. The number of amides is 1. The number of piperidine rings is 1. The minimum Gasteiger partial charge on any atom is -0.464 e. The second-order valence-electron chi connectivity index (χ2n) is 7.66. The number of hydrogen-bond acceptors (Lipinski definition) is 7. The quantitative estimate of drug-likeness (QED) is 0.704. The third-order valence-electron chi connectivity index (χ3n) is 4.34. The lowest BCUT2D eigenvalue weighted by atomic mass is 10.0. The number of carbonyl (C=O) groups excluding carboxylic acids is 2. The van der Waals surface area contributed by atoms with Gasteiger partial charge in [-0.2, -0.15) is 0 Å². The highest BCUT2D eigenvalue weighted by Crippen LogP contribution is 2.35. The summed E-state index contributed by atoms with van der Waals surface area (Å²) >= 11 is 1.49. The molecule has 1 saturated heterocycles. The smallest absolute Gasteiger partial charge is 0.410 e. The highest BCUT2D eigenvalue weighted by atomic mass is 32.1. The van der Waals surface area contributed by atoms with Crippen LogP contribution in [0.5, 0.6) is 0 Å². The van der Waals surface area contributed by atoms with Crippen molar-refractivity contribution in [2.45, 2.75) is 51.7 Å². The molecule has 0 aromatic carbocycles. The molecule has 0 radical (unpaired) electrons. The zero-order valence-electron chi connectivity index (χ0n) is 16.6. The van der Waals surface area contributed by atoms with E-state index in [1.165, 1.54) is 18.4 Å². The zero-order chi connectivity index (χ0) is 20.3. The number of ether oxygens (including phenoxy) is 2. The van der Waals surface area contributed by atoms with E-state index in [9.17, 15) is 9.59 Å². The minimum atomic E-state index is -0.536. The maximum atomic E-state index is 12.6. The summed E-state index contributed by atoms with van der Waals surface area (Å²) in [6, 6.07) is 5.05. The van der Waals surface area contributed by atoms with Crippen LogP contribution in [-0.4, -0.2) is 46.2 Å². The number of rotatable bonds is 3. The molecule has 7 nitrogen and oxygen atoms in total. The van der Waals surface area contributed by atoms with Crippen molar-refractivity contribution < 1.29 is 19.1 Å². The Bertz CT molecular complexity index is 859. The first kappa shape index (κ1) is 20.3. The topological polar surface area (TPSA) is 81.6 Å². The third kappa shape index (κ3) is 4.67. The van der Waals surface area contributed by atoms with Crippen LogP contribution >= 0.6 is 11.3 Å². The van der Waals surface area contributed by atoms with E-state index in [-0.39, 0.29) is 17.8 Å². The van der Waals surface area contributed by atoms with E-state index in [0.29, 0.717) is 17.9 Å². The van der Waals surface area contributed by atoms with Crippen LogP contribution in [0.4, 0.5) is 4.79 Å². The van der Waals surface area contributed by atoms with Crippen LogP contribution in [0.15, 0.2) is 23.6 Å². The maximum Gasteiger partial charge on any atom is 0.410 e. The molecule has 28 heavy (non-hydrogen) atoms. The normalized spacial score (nSPS) is 17.3. The van der Waals surface area contributed by atoms with Gasteiger partial charge >= 0.3 is 12.1 Å². The number of methoxy groups -OCH3 is 1. The van der Waals surface area contributed by atoms with Crippen LogP contribution in [0.1, 0.15) is 61.6 Å². The van der Waals surface area contributed by atoms with Crippen molar-refractivity contribution in [2.24, 2.45) is 0 Å². The molecule has 0 bridgehead atoms. The molecule has 3 rings (SSSR count). The molecule has 2 aromatic rings. The molecule has 2 aromatic heterocycles. The molecule has 0 saturated carbocycles. The molecule has 1 amide bonds. The molecule has 1 aliphatic rings. The van der Waals surface area contributed by atoms with E-state index >= 15 is 0 Å². The fourth-order valence-corrected chi connectivity index (χ4v) is 4.04. The summed E-state index contributed by atoms with van der Waals surface area (Å²) in [5.41, 5.74) is 0.985. The number of nitrogens with zero attached hydrogens (tertiary/aromatic N) is 3. The monoisotopic (exact) mass is 403 g/mol. The van der Waals surface area contributed by atoms with Gasteiger partial charge in [0, 0.05) is 11.9 Å². The Morgan fingerprint density at radius 2 is 1.96 bits per heavy atom. The number of esters is 1. The second kappa shape index (κ2) is 8.26. The first-order valence-corrected chi connectivity index (χ1v) is 10.2. The van der Waals surface area contributed by atoms with E-state index in [0.717, 1.165) is 24.3 Å². The lowest BCUT2D eigenvalue weighted by Gasteiger charge is -2.35. The Labute approximate surface area is 168 Å². The summed E-state index contributed by atoms with van der Waals surface area (Å²) in [6.07, 6.45) is 2.53. The number of pyridine rings is 1. The van der Waals surface area contributed by atoms with E-state index in [4.69, 9.17) is 14.5 Å². The summed E-state index contributed by atoms with van der Waals surface area (Å²) in [5, 5.41) is 2.76. The molecule has 0 spiro atoms. The van der Waals surface area contributed by atoms with Gasteiger partial charge in [0.2, 0.25) is 0 Å². The van der Waals surface area contributed by atoms with Gasteiger partial charge in [-0.1, -0.05) is 6.07 Å². The van der Waals surface area contributed by atoms with E-state index in [1.54, 1.807) is 23.1 Å². The van der Waals surface area contributed by atoms with Crippen molar-refractivity contribution >= 4 is 23.4 Å². The molecule has 150 valence electrons. The lowest BCUT2D eigenvalue weighted by molar-refractivity contribution is 0.00948. The molecule has 8 heteroatoms. The second-order valence-corrected chi connectivity index (χ2v) is 8.55. The van der Waals surface area contributed by atoms with Crippen LogP contribution in [0.2, 0.25) is 0 Å². The average Bonchev–Trinajstić information content (AvgIpc) is 3.16. The van der Waals surface area contributed by atoms with Crippen molar-refractivity contribution in [1.29, 1.82) is 0 Å². The van der Waals surface area contributed by atoms with Crippen molar-refractivity contribution in [2.75, 3.05) is 13.7 Å². The molecule has 1 atom stereocenters. The van der Waals surface area contributed by atoms with Crippen molar-refractivity contribution in [3.8, 4) is 11.4 Å². The zero-order valence-corrected chi connectivity index (χ0v) is 17.4. The van der Waals surface area contributed by atoms with E-state index < -0.39 is 11.6 Å². The molecular formula is C20H25N3O4S. The summed E-state index contributed by atoms with van der Waals surface area (Å²) in [4.78, 5) is 35.2. The maximum absolute atomic E-state index is 12.6. The van der Waals surface area contributed by atoms with Crippen molar-refractivity contribution in [3.05, 3.63) is 34.3 Å². The van der Waals surface area contributed by atoms with Crippen LogP contribution < -0.4 is 0 Å². The Hall–Kier alpha value is -2.48. The largest absolute Gasteiger partial charge is 0.464 e. The van der Waals surface area contributed by atoms with Gasteiger partial charge in [0.1, 0.15) is 16.3 Å². The van der Waals surface area contributed by atoms with Crippen LogP contribution in [0.25, 0.3) is 11.4 Å². The van der Waals surface area contributed by atoms with Crippen LogP contribution in [0.3, 0.4) is 0 Å². The Morgan fingerprint density at radius 1 is 1.18 bits per heavy atom. The molecule has 0 unspecified atom stereocenters. The van der Waals surface area contributed by atoms with Gasteiger partial charge in [-0.25, -0.2) is 19.6 Å². The van der Waals surface area contributed by atoms with Gasteiger partial charge in [-0.3, -0.25) is 4.90 Å². The molecular weight excluding hydrogens is 378 g/mol.